The predicted molar refractivity (Wildman–Crippen MR) is 86.8 cm³/mol. The van der Waals surface area contributed by atoms with Crippen molar-refractivity contribution in [3.63, 3.8) is 0 Å². The maximum absolute atomic E-state index is 11.9. The van der Waals surface area contributed by atoms with Gasteiger partial charge < -0.3 is 10.2 Å². The minimum Gasteiger partial charge on any atom is -0.342 e. The molecule has 1 aromatic rings. The predicted octanol–water partition coefficient (Wildman–Crippen LogP) is 3.83. The van der Waals surface area contributed by atoms with Gasteiger partial charge in [0.2, 0.25) is 11.8 Å². The lowest BCUT2D eigenvalue weighted by atomic mass is 10.2. The number of hydrogen-bond acceptors (Lipinski definition) is 2. The van der Waals surface area contributed by atoms with Crippen molar-refractivity contribution in [3.05, 3.63) is 28.2 Å². The number of nitrogens with one attached hydrogen (secondary N) is 1. The van der Waals surface area contributed by atoms with Crippen molar-refractivity contribution in [3.8, 4) is 0 Å². The number of carbonyl (C=O) groups excluding carboxylic acids is 2. The van der Waals surface area contributed by atoms with Crippen LogP contribution in [0, 0.1) is 5.92 Å². The molecule has 116 valence electrons. The van der Waals surface area contributed by atoms with Crippen LogP contribution in [0.25, 0.3) is 0 Å². The van der Waals surface area contributed by atoms with Gasteiger partial charge in [0.1, 0.15) is 0 Å². The molecule has 0 aliphatic heterocycles. The van der Waals surface area contributed by atoms with Gasteiger partial charge in [-0.1, -0.05) is 37.0 Å². The highest BCUT2D eigenvalue weighted by atomic mass is 35.5. The zero-order valence-corrected chi connectivity index (χ0v) is 14.0. The largest absolute Gasteiger partial charge is 0.342 e. The molecular formula is C15H20Cl2N2O2. The molecule has 4 nitrogen and oxygen atoms in total. The number of carbonyl (C=O) groups is 2. The van der Waals surface area contributed by atoms with Crippen LogP contribution in [-0.2, 0) is 9.59 Å². The zero-order chi connectivity index (χ0) is 16.0. The summed E-state index contributed by atoms with van der Waals surface area (Å²) in [7, 11) is 0. The van der Waals surface area contributed by atoms with Gasteiger partial charge in [-0.25, -0.2) is 0 Å². The lowest BCUT2D eigenvalue weighted by Gasteiger charge is -2.22. The molecule has 0 aromatic heterocycles. The standard InChI is InChI=1S/C15H20Cl2N2O2/c1-10(2)9-19(11(3)20)5-4-15(21)18-14-7-12(16)6-13(17)8-14/h6-8,10H,4-5,9H2,1-3H3,(H,18,21). The molecule has 21 heavy (non-hydrogen) atoms. The van der Waals surface area contributed by atoms with E-state index in [0.29, 0.717) is 34.7 Å². The summed E-state index contributed by atoms with van der Waals surface area (Å²) in [6.45, 7) is 6.62. The van der Waals surface area contributed by atoms with Gasteiger partial charge in [-0.15, -0.1) is 0 Å². The lowest BCUT2D eigenvalue weighted by Crippen LogP contribution is -2.34. The molecule has 0 aliphatic rings. The third-order valence-electron chi connectivity index (χ3n) is 2.79. The molecule has 1 rings (SSSR count). The Kier molecular flexibility index (Phi) is 6.99. The maximum Gasteiger partial charge on any atom is 0.226 e. The second kappa shape index (κ2) is 8.25. The van der Waals surface area contributed by atoms with E-state index >= 15 is 0 Å². The molecule has 0 saturated carbocycles. The van der Waals surface area contributed by atoms with Crippen molar-refractivity contribution in [1.82, 2.24) is 4.90 Å². The number of halogens is 2. The monoisotopic (exact) mass is 330 g/mol. The van der Waals surface area contributed by atoms with Crippen LogP contribution in [0.15, 0.2) is 18.2 Å². The van der Waals surface area contributed by atoms with Gasteiger partial charge in [-0.3, -0.25) is 9.59 Å². The van der Waals surface area contributed by atoms with Gasteiger partial charge in [0, 0.05) is 42.2 Å². The Morgan fingerprint density at radius 1 is 1.19 bits per heavy atom. The molecule has 6 heteroatoms. The normalized spacial score (nSPS) is 10.6. The first-order valence-corrected chi connectivity index (χ1v) is 7.55. The first-order valence-electron chi connectivity index (χ1n) is 6.79. The minimum absolute atomic E-state index is 0.0256. The van der Waals surface area contributed by atoms with E-state index in [1.54, 1.807) is 23.1 Å². The van der Waals surface area contributed by atoms with Crippen LogP contribution in [0.3, 0.4) is 0 Å². The number of anilines is 1. The van der Waals surface area contributed by atoms with E-state index in [0.717, 1.165) is 0 Å². The van der Waals surface area contributed by atoms with Crippen molar-refractivity contribution in [2.45, 2.75) is 27.2 Å². The van der Waals surface area contributed by atoms with Crippen LogP contribution < -0.4 is 5.32 Å². The summed E-state index contributed by atoms with van der Waals surface area (Å²) in [6.07, 6.45) is 0.233. The number of hydrogen-bond donors (Lipinski definition) is 1. The average Bonchev–Trinajstić information content (AvgIpc) is 2.32. The highest BCUT2D eigenvalue weighted by Gasteiger charge is 2.13. The van der Waals surface area contributed by atoms with Gasteiger partial charge >= 0.3 is 0 Å². The Morgan fingerprint density at radius 2 is 1.76 bits per heavy atom. The fraction of sp³-hybridized carbons (Fsp3) is 0.467. The topological polar surface area (TPSA) is 49.4 Å². The Labute approximate surface area is 135 Å². The molecule has 1 aromatic carbocycles. The molecule has 2 amide bonds. The molecule has 0 saturated heterocycles. The first kappa shape index (κ1) is 17.8. The lowest BCUT2D eigenvalue weighted by molar-refractivity contribution is -0.129. The van der Waals surface area contributed by atoms with E-state index < -0.39 is 0 Å². The van der Waals surface area contributed by atoms with E-state index in [9.17, 15) is 9.59 Å². The Morgan fingerprint density at radius 3 is 2.24 bits per heavy atom. The van der Waals surface area contributed by atoms with Crippen molar-refractivity contribution in [2.75, 3.05) is 18.4 Å². The van der Waals surface area contributed by atoms with E-state index in [4.69, 9.17) is 23.2 Å². The summed E-state index contributed by atoms with van der Waals surface area (Å²) in [5.74, 6) is 0.161. The summed E-state index contributed by atoms with van der Waals surface area (Å²) in [4.78, 5) is 25.1. The summed E-state index contributed by atoms with van der Waals surface area (Å²) in [5.41, 5.74) is 0.552. The highest BCUT2D eigenvalue weighted by molar-refractivity contribution is 6.35. The molecule has 0 bridgehead atoms. The molecule has 0 radical (unpaired) electrons. The molecule has 1 N–H and O–H groups in total. The Hall–Kier alpha value is -1.26. The molecule has 0 heterocycles. The summed E-state index contributed by atoms with van der Waals surface area (Å²) in [5, 5.41) is 3.65. The first-order chi connectivity index (χ1) is 9.77. The summed E-state index contributed by atoms with van der Waals surface area (Å²) < 4.78 is 0. The zero-order valence-electron chi connectivity index (χ0n) is 12.5. The Balaban J connectivity index is 2.54. The van der Waals surface area contributed by atoms with Gasteiger partial charge in [0.15, 0.2) is 0 Å². The second-order valence-corrected chi connectivity index (χ2v) is 6.19. The highest BCUT2D eigenvalue weighted by Crippen LogP contribution is 2.22. The second-order valence-electron chi connectivity index (χ2n) is 5.32. The molecule has 0 fully saturated rings. The summed E-state index contributed by atoms with van der Waals surface area (Å²) >= 11 is 11.7. The number of amides is 2. The maximum atomic E-state index is 11.9. The number of nitrogens with zero attached hydrogens (tertiary/aromatic N) is 1. The van der Waals surface area contributed by atoms with Crippen molar-refractivity contribution < 1.29 is 9.59 Å². The van der Waals surface area contributed by atoms with E-state index in [1.165, 1.54) is 6.92 Å². The van der Waals surface area contributed by atoms with Crippen LogP contribution in [0.1, 0.15) is 27.2 Å². The fourth-order valence-corrected chi connectivity index (χ4v) is 2.43. The van der Waals surface area contributed by atoms with Crippen molar-refractivity contribution >= 4 is 40.7 Å². The van der Waals surface area contributed by atoms with E-state index in [2.05, 4.69) is 5.32 Å². The number of benzene rings is 1. The van der Waals surface area contributed by atoms with Crippen LogP contribution >= 0.6 is 23.2 Å². The van der Waals surface area contributed by atoms with Gasteiger partial charge in [0.05, 0.1) is 0 Å². The van der Waals surface area contributed by atoms with Crippen LogP contribution in [0.5, 0.6) is 0 Å². The molecule has 0 atom stereocenters. The van der Waals surface area contributed by atoms with E-state index in [-0.39, 0.29) is 18.2 Å². The van der Waals surface area contributed by atoms with Crippen molar-refractivity contribution in [2.24, 2.45) is 5.92 Å². The smallest absolute Gasteiger partial charge is 0.226 e. The van der Waals surface area contributed by atoms with Crippen LogP contribution in [-0.4, -0.2) is 29.8 Å². The SMILES string of the molecule is CC(=O)N(CCC(=O)Nc1cc(Cl)cc(Cl)c1)CC(C)C. The van der Waals surface area contributed by atoms with Crippen molar-refractivity contribution in [1.29, 1.82) is 0 Å². The minimum atomic E-state index is -0.177. The van der Waals surface area contributed by atoms with Gasteiger partial charge in [-0.2, -0.15) is 0 Å². The number of rotatable bonds is 6. The van der Waals surface area contributed by atoms with Gasteiger partial charge in [0.25, 0.3) is 0 Å². The summed E-state index contributed by atoms with van der Waals surface area (Å²) in [6, 6.07) is 4.85. The quantitative estimate of drug-likeness (QED) is 0.861. The third kappa shape index (κ3) is 6.82. The third-order valence-corrected chi connectivity index (χ3v) is 3.22. The molecule has 0 unspecified atom stereocenters. The fourth-order valence-electron chi connectivity index (χ4n) is 1.90. The van der Waals surface area contributed by atoms with Crippen LogP contribution in [0.2, 0.25) is 10.0 Å². The molecule has 0 spiro atoms. The Bertz CT molecular complexity index is 498. The average molecular weight is 331 g/mol. The van der Waals surface area contributed by atoms with Crippen LogP contribution in [0.4, 0.5) is 5.69 Å². The van der Waals surface area contributed by atoms with Gasteiger partial charge in [-0.05, 0) is 24.1 Å². The molecular weight excluding hydrogens is 311 g/mol. The van der Waals surface area contributed by atoms with E-state index in [1.807, 2.05) is 13.8 Å². The molecule has 0 aliphatic carbocycles.